The summed E-state index contributed by atoms with van der Waals surface area (Å²) in [6.45, 7) is 0. The molecule has 0 amide bonds. The van der Waals surface area contributed by atoms with E-state index in [2.05, 4.69) is 4.98 Å². The first-order valence-corrected chi connectivity index (χ1v) is 4.63. The third-order valence-electron chi connectivity index (χ3n) is 2.25. The van der Waals surface area contributed by atoms with Crippen molar-refractivity contribution in [2.45, 2.75) is 18.1 Å². The second-order valence-electron chi connectivity index (χ2n) is 3.51. The van der Waals surface area contributed by atoms with E-state index in [0.29, 0.717) is 5.56 Å². The number of aliphatic hydroxyl groups is 2. The summed E-state index contributed by atoms with van der Waals surface area (Å²) in [4.78, 5) is 25.1. The van der Waals surface area contributed by atoms with Crippen LogP contribution in [0.5, 0.6) is 0 Å². The van der Waals surface area contributed by atoms with Gasteiger partial charge in [0.05, 0.1) is 0 Å². The summed E-state index contributed by atoms with van der Waals surface area (Å²) in [5.74, 6) is -3.62. The van der Waals surface area contributed by atoms with Crippen LogP contribution in [0.4, 0.5) is 0 Å². The summed E-state index contributed by atoms with van der Waals surface area (Å²) < 4.78 is 0. The van der Waals surface area contributed by atoms with Crippen molar-refractivity contribution in [2.24, 2.45) is 0 Å². The molecule has 1 rings (SSSR count). The molecule has 7 heteroatoms. The van der Waals surface area contributed by atoms with Crippen LogP contribution in [0.2, 0.25) is 0 Å². The largest absolute Gasteiger partial charge is 0.479 e. The van der Waals surface area contributed by atoms with Crippen LogP contribution in [0, 0.1) is 0 Å². The van der Waals surface area contributed by atoms with E-state index >= 15 is 0 Å². The Morgan fingerprint density at radius 3 is 2.47 bits per heavy atom. The minimum absolute atomic E-state index is 0.303. The lowest BCUT2D eigenvalue weighted by Crippen LogP contribution is -2.54. The second kappa shape index (κ2) is 4.89. The second-order valence-corrected chi connectivity index (χ2v) is 3.51. The zero-order valence-electron chi connectivity index (χ0n) is 8.65. The number of hydrogen-bond donors (Lipinski definition) is 4. The van der Waals surface area contributed by atoms with Gasteiger partial charge in [0.2, 0.25) is 5.60 Å². The Hall–Kier alpha value is -1.99. The van der Waals surface area contributed by atoms with Gasteiger partial charge in [-0.1, -0.05) is 6.07 Å². The van der Waals surface area contributed by atoms with Crippen LogP contribution in [-0.2, 0) is 16.0 Å². The van der Waals surface area contributed by atoms with Gasteiger partial charge < -0.3 is 20.4 Å². The summed E-state index contributed by atoms with van der Waals surface area (Å²) in [6, 6.07) is 2.97. The van der Waals surface area contributed by atoms with E-state index in [-0.39, 0.29) is 0 Å². The molecule has 0 aliphatic rings. The van der Waals surface area contributed by atoms with Crippen LogP contribution in [0.3, 0.4) is 0 Å². The van der Waals surface area contributed by atoms with Crippen molar-refractivity contribution in [3.05, 3.63) is 30.1 Å². The van der Waals surface area contributed by atoms with E-state index in [1.165, 1.54) is 24.5 Å². The van der Waals surface area contributed by atoms with Gasteiger partial charge in [0, 0.05) is 18.8 Å². The Morgan fingerprint density at radius 1 is 1.41 bits per heavy atom. The van der Waals surface area contributed by atoms with E-state index in [9.17, 15) is 19.8 Å². The van der Waals surface area contributed by atoms with Crippen LogP contribution in [0.15, 0.2) is 24.5 Å². The molecule has 0 bridgehead atoms. The minimum Gasteiger partial charge on any atom is -0.479 e. The summed E-state index contributed by atoms with van der Waals surface area (Å²) in [7, 11) is 0. The fourth-order valence-electron chi connectivity index (χ4n) is 1.31. The zero-order chi connectivity index (χ0) is 13.1. The number of aromatic nitrogens is 1. The summed E-state index contributed by atoms with van der Waals surface area (Å²) in [6.07, 6.45) is -0.247. The van der Waals surface area contributed by atoms with E-state index in [4.69, 9.17) is 10.2 Å². The molecule has 1 aromatic rings. The van der Waals surface area contributed by atoms with Gasteiger partial charge >= 0.3 is 11.9 Å². The number of rotatable bonds is 5. The van der Waals surface area contributed by atoms with Crippen molar-refractivity contribution in [1.29, 1.82) is 0 Å². The Kier molecular flexibility index (Phi) is 3.77. The number of aliphatic carboxylic acids is 2. The molecule has 0 saturated carbocycles. The molecule has 2 atom stereocenters. The maximum atomic E-state index is 10.9. The van der Waals surface area contributed by atoms with E-state index in [0.717, 1.165) is 0 Å². The normalized spacial score (nSPS) is 15.9. The molecule has 0 fully saturated rings. The first kappa shape index (κ1) is 13.1. The smallest absolute Gasteiger partial charge is 0.339 e. The Bertz CT molecular complexity index is 420. The number of aliphatic hydroxyl groups excluding tert-OH is 1. The average molecular weight is 241 g/mol. The molecule has 0 aromatic carbocycles. The van der Waals surface area contributed by atoms with Gasteiger partial charge in [-0.05, 0) is 11.6 Å². The highest BCUT2D eigenvalue weighted by atomic mass is 16.4. The van der Waals surface area contributed by atoms with Crippen molar-refractivity contribution in [2.75, 3.05) is 0 Å². The lowest BCUT2D eigenvalue weighted by molar-refractivity contribution is -0.183. The van der Waals surface area contributed by atoms with Crippen LogP contribution in [0.1, 0.15) is 5.56 Å². The molecule has 7 nitrogen and oxygen atoms in total. The first-order chi connectivity index (χ1) is 7.88. The van der Waals surface area contributed by atoms with Gasteiger partial charge in [-0.15, -0.1) is 0 Å². The predicted molar refractivity (Wildman–Crippen MR) is 54.2 cm³/mol. The molecule has 1 heterocycles. The molecule has 1 aromatic heterocycles. The maximum absolute atomic E-state index is 10.9. The fourth-order valence-corrected chi connectivity index (χ4v) is 1.31. The number of hydrogen-bond acceptors (Lipinski definition) is 5. The molecule has 92 valence electrons. The Morgan fingerprint density at radius 2 is 2.06 bits per heavy atom. The summed E-state index contributed by atoms with van der Waals surface area (Å²) >= 11 is 0. The molecule has 0 aliphatic heterocycles. The van der Waals surface area contributed by atoms with Crippen molar-refractivity contribution in [1.82, 2.24) is 4.98 Å². The van der Waals surface area contributed by atoms with Crippen molar-refractivity contribution < 1.29 is 30.0 Å². The lowest BCUT2D eigenvalue weighted by atomic mass is 9.89. The third kappa shape index (κ3) is 2.77. The highest BCUT2D eigenvalue weighted by Crippen LogP contribution is 2.18. The quantitative estimate of drug-likeness (QED) is 0.514. The lowest BCUT2D eigenvalue weighted by Gasteiger charge is -2.25. The molecule has 0 spiro atoms. The molecule has 0 saturated heterocycles. The maximum Gasteiger partial charge on any atom is 0.339 e. The van der Waals surface area contributed by atoms with Gasteiger partial charge in [0.1, 0.15) is 0 Å². The van der Waals surface area contributed by atoms with Crippen molar-refractivity contribution >= 4 is 11.9 Å². The summed E-state index contributed by atoms with van der Waals surface area (Å²) in [5.41, 5.74) is -2.48. The average Bonchev–Trinajstić information content (AvgIpc) is 2.28. The third-order valence-corrected chi connectivity index (χ3v) is 2.25. The SMILES string of the molecule is O=C(O)C(O)C(O)(Cc1cccnc1)C(=O)O. The number of nitrogens with zero attached hydrogens (tertiary/aromatic N) is 1. The van der Waals surface area contributed by atoms with E-state index in [1.54, 1.807) is 0 Å². The van der Waals surface area contributed by atoms with Crippen molar-refractivity contribution in [3.63, 3.8) is 0 Å². The van der Waals surface area contributed by atoms with Gasteiger partial charge in [-0.3, -0.25) is 4.98 Å². The van der Waals surface area contributed by atoms with Crippen LogP contribution in [0.25, 0.3) is 0 Å². The van der Waals surface area contributed by atoms with E-state index < -0.39 is 30.1 Å². The zero-order valence-corrected chi connectivity index (χ0v) is 8.65. The number of pyridine rings is 1. The van der Waals surface area contributed by atoms with Gasteiger partial charge in [0.25, 0.3) is 0 Å². The minimum atomic E-state index is -2.78. The summed E-state index contributed by atoms with van der Waals surface area (Å²) in [5, 5.41) is 36.3. The Balaban J connectivity index is 3.02. The van der Waals surface area contributed by atoms with Crippen LogP contribution >= 0.6 is 0 Å². The molecule has 0 radical (unpaired) electrons. The monoisotopic (exact) mass is 241 g/mol. The molecule has 17 heavy (non-hydrogen) atoms. The van der Waals surface area contributed by atoms with Gasteiger partial charge in [-0.2, -0.15) is 0 Å². The van der Waals surface area contributed by atoms with E-state index in [1.807, 2.05) is 0 Å². The Labute approximate surface area is 96.0 Å². The molecule has 0 aliphatic carbocycles. The highest BCUT2D eigenvalue weighted by Gasteiger charge is 2.47. The highest BCUT2D eigenvalue weighted by molar-refractivity contribution is 5.87. The molecule has 2 unspecified atom stereocenters. The van der Waals surface area contributed by atoms with Gasteiger partial charge in [-0.25, -0.2) is 9.59 Å². The van der Waals surface area contributed by atoms with Crippen molar-refractivity contribution in [3.8, 4) is 0 Å². The van der Waals surface area contributed by atoms with Crippen LogP contribution in [-0.4, -0.2) is 49.1 Å². The topological polar surface area (TPSA) is 128 Å². The first-order valence-electron chi connectivity index (χ1n) is 4.63. The number of carboxylic acid groups (broad SMARTS) is 2. The predicted octanol–water partition coefficient (Wildman–Crippen LogP) is -1.11. The fraction of sp³-hybridized carbons (Fsp3) is 0.300. The van der Waals surface area contributed by atoms with Gasteiger partial charge in [0.15, 0.2) is 6.10 Å². The van der Waals surface area contributed by atoms with Crippen LogP contribution < -0.4 is 0 Å². The number of carbonyl (C=O) groups is 2. The molecule has 4 N–H and O–H groups in total. The molecular weight excluding hydrogens is 230 g/mol. The number of carboxylic acids is 2. The standard InChI is InChI=1S/C10H11NO6/c12-7(8(13)14)10(17,9(15)16)4-6-2-1-3-11-5-6/h1-3,5,7,12,17H,4H2,(H,13,14)(H,15,16). The molecular formula is C10H11NO6.